The largest absolute Gasteiger partial charge is 0.360 e. The predicted molar refractivity (Wildman–Crippen MR) is 75.8 cm³/mol. The number of aromatic amines is 1. The van der Waals surface area contributed by atoms with Crippen LogP contribution in [0.5, 0.6) is 0 Å². The van der Waals surface area contributed by atoms with Crippen molar-refractivity contribution in [2.24, 2.45) is 0 Å². The second kappa shape index (κ2) is 4.83. The number of carbonyl (C=O) groups is 1. The van der Waals surface area contributed by atoms with Crippen molar-refractivity contribution in [3.8, 4) is 0 Å². The highest BCUT2D eigenvalue weighted by Crippen LogP contribution is 2.24. The molecule has 100 valence electrons. The maximum Gasteiger partial charge on any atom is 0.195 e. The molecule has 0 unspecified atom stereocenters. The van der Waals surface area contributed by atoms with Crippen LogP contribution in [0.1, 0.15) is 15.9 Å². The van der Waals surface area contributed by atoms with Crippen molar-refractivity contribution in [3.63, 3.8) is 0 Å². The molecule has 0 saturated heterocycles. The van der Waals surface area contributed by atoms with Gasteiger partial charge < -0.3 is 4.98 Å². The zero-order chi connectivity index (χ0) is 14.3. The van der Waals surface area contributed by atoms with Gasteiger partial charge in [0.2, 0.25) is 0 Å². The summed E-state index contributed by atoms with van der Waals surface area (Å²) in [5.41, 5.74) is 1.16. The minimum Gasteiger partial charge on any atom is -0.360 e. The van der Waals surface area contributed by atoms with Gasteiger partial charge in [0.05, 0.1) is 0 Å². The van der Waals surface area contributed by atoms with Crippen LogP contribution in [0, 0.1) is 11.6 Å². The van der Waals surface area contributed by atoms with Crippen LogP contribution in [-0.2, 0) is 0 Å². The van der Waals surface area contributed by atoms with Gasteiger partial charge in [-0.2, -0.15) is 0 Å². The molecule has 0 spiro atoms. The molecule has 1 N–H and O–H groups in total. The van der Waals surface area contributed by atoms with E-state index in [0.29, 0.717) is 20.9 Å². The third-order valence-electron chi connectivity index (χ3n) is 3.01. The van der Waals surface area contributed by atoms with Gasteiger partial charge in [-0.3, -0.25) is 4.79 Å². The number of nitrogens with one attached hydrogen (secondary N) is 1. The first-order valence-corrected chi connectivity index (χ1v) is 6.61. The van der Waals surface area contributed by atoms with Crippen LogP contribution in [0.15, 0.2) is 47.1 Å². The van der Waals surface area contributed by atoms with E-state index in [1.807, 2.05) is 0 Å². The van der Waals surface area contributed by atoms with E-state index >= 15 is 0 Å². The molecule has 20 heavy (non-hydrogen) atoms. The van der Waals surface area contributed by atoms with Gasteiger partial charge >= 0.3 is 0 Å². The first-order chi connectivity index (χ1) is 9.54. The van der Waals surface area contributed by atoms with E-state index in [4.69, 9.17) is 0 Å². The summed E-state index contributed by atoms with van der Waals surface area (Å²) in [5.74, 6) is -1.19. The van der Waals surface area contributed by atoms with Gasteiger partial charge in [-0.25, -0.2) is 8.78 Å². The first-order valence-electron chi connectivity index (χ1n) is 5.82. The van der Waals surface area contributed by atoms with Crippen LogP contribution < -0.4 is 0 Å². The van der Waals surface area contributed by atoms with Gasteiger partial charge in [-0.1, -0.05) is 15.9 Å². The van der Waals surface area contributed by atoms with Gasteiger partial charge in [-0.05, 0) is 36.4 Å². The highest BCUT2D eigenvalue weighted by atomic mass is 79.9. The number of H-pyrrole nitrogens is 1. The summed E-state index contributed by atoms with van der Waals surface area (Å²) in [6, 6.07) is 8.13. The number of hydrogen-bond acceptors (Lipinski definition) is 1. The number of fused-ring (bicyclic) bond motifs is 1. The fourth-order valence-electron chi connectivity index (χ4n) is 2.13. The molecule has 0 bridgehead atoms. The number of halogens is 3. The Kier molecular flexibility index (Phi) is 3.14. The van der Waals surface area contributed by atoms with E-state index in [2.05, 4.69) is 20.9 Å². The van der Waals surface area contributed by atoms with Crippen molar-refractivity contribution in [2.75, 3.05) is 0 Å². The Bertz CT molecular complexity index is 806. The number of rotatable bonds is 2. The van der Waals surface area contributed by atoms with Crippen LogP contribution >= 0.6 is 15.9 Å². The summed E-state index contributed by atoms with van der Waals surface area (Å²) in [4.78, 5) is 15.3. The molecule has 3 rings (SSSR count). The van der Waals surface area contributed by atoms with Crippen molar-refractivity contribution in [2.45, 2.75) is 0 Å². The van der Waals surface area contributed by atoms with E-state index in [0.717, 1.165) is 0 Å². The zero-order valence-electron chi connectivity index (χ0n) is 10.1. The molecule has 0 aliphatic carbocycles. The Morgan fingerprint density at radius 3 is 2.60 bits per heavy atom. The van der Waals surface area contributed by atoms with E-state index in [-0.39, 0.29) is 17.2 Å². The Labute approximate surface area is 121 Å². The fraction of sp³-hybridized carbons (Fsp3) is 0. The monoisotopic (exact) mass is 335 g/mol. The average Bonchev–Trinajstić information content (AvgIpc) is 2.79. The van der Waals surface area contributed by atoms with Crippen molar-refractivity contribution in [3.05, 3.63) is 69.8 Å². The lowest BCUT2D eigenvalue weighted by Crippen LogP contribution is -2.01. The fourth-order valence-corrected chi connectivity index (χ4v) is 2.59. The number of carbonyl (C=O) groups excluding carboxylic acids is 1. The molecule has 0 aliphatic rings. The SMILES string of the molecule is O=C(c1cc(F)cc(Br)c1)c1c[nH]c2cc(F)ccc12. The van der Waals surface area contributed by atoms with E-state index in [1.165, 1.54) is 36.5 Å². The summed E-state index contributed by atoms with van der Waals surface area (Å²) in [6.07, 6.45) is 1.51. The maximum absolute atomic E-state index is 13.4. The second-order valence-corrected chi connectivity index (χ2v) is 5.30. The Hall–Kier alpha value is -2.01. The molecule has 3 aromatic rings. The van der Waals surface area contributed by atoms with Gasteiger partial charge in [0.1, 0.15) is 11.6 Å². The summed E-state index contributed by atoms with van der Waals surface area (Å²) < 4.78 is 27.0. The number of ketones is 1. The molecule has 0 saturated carbocycles. The topological polar surface area (TPSA) is 32.9 Å². The van der Waals surface area contributed by atoms with Crippen molar-refractivity contribution in [1.82, 2.24) is 4.98 Å². The van der Waals surface area contributed by atoms with Gasteiger partial charge in [0, 0.05) is 32.7 Å². The highest BCUT2D eigenvalue weighted by molar-refractivity contribution is 9.10. The molecule has 2 nitrogen and oxygen atoms in total. The highest BCUT2D eigenvalue weighted by Gasteiger charge is 2.15. The summed E-state index contributed by atoms with van der Waals surface area (Å²) >= 11 is 3.15. The Balaban J connectivity index is 2.12. The predicted octanol–water partition coefficient (Wildman–Crippen LogP) is 4.44. The number of benzene rings is 2. The zero-order valence-corrected chi connectivity index (χ0v) is 11.7. The minimum atomic E-state index is -0.492. The number of aromatic nitrogens is 1. The summed E-state index contributed by atoms with van der Waals surface area (Å²) in [6.45, 7) is 0. The third-order valence-corrected chi connectivity index (χ3v) is 3.47. The van der Waals surface area contributed by atoms with Crippen LogP contribution in [0.3, 0.4) is 0 Å². The van der Waals surface area contributed by atoms with Crippen molar-refractivity contribution in [1.29, 1.82) is 0 Å². The number of hydrogen-bond donors (Lipinski definition) is 1. The third kappa shape index (κ3) is 2.25. The first kappa shape index (κ1) is 13.0. The molecule has 0 amide bonds. The molecular weight excluding hydrogens is 328 g/mol. The lowest BCUT2D eigenvalue weighted by Gasteiger charge is -2.01. The van der Waals surface area contributed by atoms with Crippen LogP contribution in [0.25, 0.3) is 10.9 Å². The normalized spacial score (nSPS) is 10.9. The van der Waals surface area contributed by atoms with Gasteiger partial charge in [0.25, 0.3) is 0 Å². The molecule has 1 heterocycles. The van der Waals surface area contributed by atoms with E-state index in [1.54, 1.807) is 6.07 Å². The molecule has 1 aromatic heterocycles. The molecule has 5 heteroatoms. The van der Waals surface area contributed by atoms with Gasteiger partial charge in [0.15, 0.2) is 5.78 Å². The van der Waals surface area contributed by atoms with Crippen molar-refractivity contribution < 1.29 is 13.6 Å². The van der Waals surface area contributed by atoms with Crippen LogP contribution in [0.4, 0.5) is 8.78 Å². The van der Waals surface area contributed by atoms with Crippen molar-refractivity contribution >= 4 is 32.6 Å². The molecule has 0 aliphatic heterocycles. The lowest BCUT2D eigenvalue weighted by atomic mass is 10.0. The average molecular weight is 336 g/mol. The smallest absolute Gasteiger partial charge is 0.195 e. The van der Waals surface area contributed by atoms with Crippen LogP contribution in [0.2, 0.25) is 0 Å². The van der Waals surface area contributed by atoms with Crippen LogP contribution in [-0.4, -0.2) is 10.8 Å². The molecule has 0 atom stereocenters. The standard InChI is InChI=1S/C15H8BrF2NO/c16-9-3-8(4-11(18)5-9)15(20)13-7-19-14-6-10(17)1-2-12(13)14/h1-7,19H. The quantitative estimate of drug-likeness (QED) is 0.690. The molecule has 2 aromatic carbocycles. The minimum absolute atomic E-state index is 0.238. The van der Waals surface area contributed by atoms with E-state index in [9.17, 15) is 13.6 Å². The lowest BCUT2D eigenvalue weighted by molar-refractivity contribution is 0.104. The van der Waals surface area contributed by atoms with E-state index < -0.39 is 5.82 Å². The molecular formula is C15H8BrF2NO. The van der Waals surface area contributed by atoms with Gasteiger partial charge in [-0.15, -0.1) is 0 Å². The Morgan fingerprint density at radius 2 is 1.85 bits per heavy atom. The Morgan fingerprint density at radius 1 is 1.05 bits per heavy atom. The second-order valence-electron chi connectivity index (χ2n) is 4.38. The molecule has 0 fully saturated rings. The maximum atomic E-state index is 13.4. The summed E-state index contributed by atoms with van der Waals surface area (Å²) in [5, 5.41) is 0.608. The molecule has 0 radical (unpaired) electrons. The summed E-state index contributed by atoms with van der Waals surface area (Å²) in [7, 11) is 0.